The molecule has 2 aliphatic heterocycles. The third-order valence-corrected chi connectivity index (χ3v) is 7.46. The molecule has 0 saturated carbocycles. The van der Waals surface area contributed by atoms with Crippen molar-refractivity contribution in [2.24, 2.45) is 11.7 Å². The van der Waals surface area contributed by atoms with Crippen LogP contribution in [0.5, 0.6) is 0 Å². The molecule has 174 valence electrons. The number of thiocarbonyl (C=S) groups is 1. The molecule has 0 atom stereocenters. The summed E-state index contributed by atoms with van der Waals surface area (Å²) in [7, 11) is 0. The minimum atomic E-state index is -0.298. The van der Waals surface area contributed by atoms with Gasteiger partial charge in [0.15, 0.2) is 0 Å². The van der Waals surface area contributed by atoms with Gasteiger partial charge in [0, 0.05) is 31.7 Å². The first-order valence-electron chi connectivity index (χ1n) is 11.2. The number of nitrogens with two attached hydrogens (primary N) is 1. The Morgan fingerprint density at radius 1 is 1.27 bits per heavy atom. The van der Waals surface area contributed by atoms with Crippen molar-refractivity contribution < 1.29 is 9.59 Å². The van der Waals surface area contributed by atoms with Crippen molar-refractivity contribution in [2.75, 3.05) is 24.5 Å². The zero-order valence-electron chi connectivity index (χ0n) is 18.5. The summed E-state index contributed by atoms with van der Waals surface area (Å²) in [5.74, 6) is -0.124. The molecule has 0 aliphatic carbocycles. The van der Waals surface area contributed by atoms with Crippen LogP contribution >= 0.6 is 24.0 Å². The van der Waals surface area contributed by atoms with Crippen LogP contribution in [-0.4, -0.2) is 50.1 Å². The summed E-state index contributed by atoms with van der Waals surface area (Å²) >= 11 is 6.66. The van der Waals surface area contributed by atoms with Gasteiger partial charge in [-0.05, 0) is 37.5 Å². The Kier molecular flexibility index (Phi) is 7.14. The Hall–Kier alpha value is -2.72. The normalized spacial score (nSPS) is 18.6. The second kappa shape index (κ2) is 10.0. The summed E-state index contributed by atoms with van der Waals surface area (Å²) in [6.07, 6.45) is 7.46. The van der Waals surface area contributed by atoms with Crippen molar-refractivity contribution in [3.05, 3.63) is 45.2 Å². The highest BCUT2D eigenvalue weighted by atomic mass is 32.2. The van der Waals surface area contributed by atoms with Gasteiger partial charge >= 0.3 is 0 Å². The lowest BCUT2D eigenvalue weighted by Gasteiger charge is -2.32. The number of fused-ring (bicyclic) bond motifs is 1. The summed E-state index contributed by atoms with van der Waals surface area (Å²) in [6, 6.07) is 5.37. The first kappa shape index (κ1) is 23.4. The largest absolute Gasteiger partial charge is 0.369 e. The third-order valence-electron chi connectivity index (χ3n) is 6.08. The molecular weight excluding hydrogens is 458 g/mol. The molecule has 33 heavy (non-hydrogen) atoms. The summed E-state index contributed by atoms with van der Waals surface area (Å²) in [4.78, 5) is 46.9. The highest BCUT2D eigenvalue weighted by molar-refractivity contribution is 8.26. The Balaban J connectivity index is 1.72. The van der Waals surface area contributed by atoms with Crippen LogP contribution in [0.2, 0.25) is 0 Å². The van der Waals surface area contributed by atoms with Crippen molar-refractivity contribution in [2.45, 2.75) is 39.0 Å². The van der Waals surface area contributed by atoms with Crippen LogP contribution in [-0.2, 0) is 9.59 Å². The standard InChI is InChI=1S/C23H27N5O3S2/c1-2-3-5-11-28-22(31)17(33-23(28)32)14-16-20(26-12-8-15(9-13-26)19(24)29)25-18-7-4-6-10-27(18)21(16)30/h4,6-7,10,14-15H,2-3,5,8-9,11-13H2,1H3,(H2,24,29). The molecule has 0 aromatic carbocycles. The lowest BCUT2D eigenvalue weighted by molar-refractivity contribution is -0.123. The minimum absolute atomic E-state index is 0.169. The number of rotatable bonds is 7. The van der Waals surface area contributed by atoms with Crippen LogP contribution < -0.4 is 16.2 Å². The number of anilines is 1. The number of primary amides is 1. The van der Waals surface area contributed by atoms with Gasteiger partial charge in [-0.25, -0.2) is 4.98 Å². The number of hydrogen-bond donors (Lipinski definition) is 1. The van der Waals surface area contributed by atoms with Gasteiger partial charge in [0.1, 0.15) is 15.8 Å². The van der Waals surface area contributed by atoms with Crippen LogP contribution in [0.25, 0.3) is 11.7 Å². The predicted octanol–water partition coefficient (Wildman–Crippen LogP) is 2.79. The van der Waals surface area contributed by atoms with Crippen molar-refractivity contribution in [1.82, 2.24) is 14.3 Å². The quantitative estimate of drug-likeness (QED) is 0.366. The van der Waals surface area contributed by atoms with Crippen molar-refractivity contribution in [3.63, 3.8) is 0 Å². The summed E-state index contributed by atoms with van der Waals surface area (Å²) in [5.41, 5.74) is 6.11. The Bertz CT molecular complexity index is 1180. The maximum atomic E-state index is 13.4. The number of nitrogens with zero attached hydrogens (tertiary/aromatic N) is 4. The molecule has 2 fully saturated rings. The average Bonchev–Trinajstić information content (AvgIpc) is 3.08. The Morgan fingerprint density at radius 2 is 2.03 bits per heavy atom. The van der Waals surface area contributed by atoms with E-state index in [-0.39, 0.29) is 23.3 Å². The van der Waals surface area contributed by atoms with Gasteiger partial charge in [0.2, 0.25) is 5.91 Å². The molecule has 2 saturated heterocycles. The van der Waals surface area contributed by atoms with E-state index < -0.39 is 0 Å². The second-order valence-electron chi connectivity index (χ2n) is 8.29. The van der Waals surface area contributed by atoms with E-state index in [1.807, 2.05) is 11.0 Å². The average molecular weight is 486 g/mol. The van der Waals surface area contributed by atoms with E-state index in [2.05, 4.69) is 6.92 Å². The number of piperidine rings is 1. The highest BCUT2D eigenvalue weighted by Crippen LogP contribution is 2.34. The minimum Gasteiger partial charge on any atom is -0.369 e. The van der Waals surface area contributed by atoms with E-state index in [0.29, 0.717) is 58.7 Å². The number of thioether (sulfide) groups is 1. The number of amides is 2. The monoisotopic (exact) mass is 485 g/mol. The third kappa shape index (κ3) is 4.81. The summed E-state index contributed by atoms with van der Waals surface area (Å²) in [5, 5.41) is 0. The first-order valence-corrected chi connectivity index (χ1v) is 12.4. The van der Waals surface area contributed by atoms with Crippen molar-refractivity contribution >= 4 is 57.7 Å². The topological polar surface area (TPSA) is 101 Å². The molecule has 2 amide bonds. The number of pyridine rings is 1. The smallest absolute Gasteiger partial charge is 0.267 e. The predicted molar refractivity (Wildman–Crippen MR) is 135 cm³/mol. The van der Waals surface area contributed by atoms with E-state index in [1.165, 1.54) is 16.2 Å². The highest BCUT2D eigenvalue weighted by Gasteiger charge is 2.33. The van der Waals surface area contributed by atoms with Gasteiger partial charge in [0.05, 0.1) is 10.5 Å². The second-order valence-corrected chi connectivity index (χ2v) is 9.96. The molecule has 2 N–H and O–H groups in total. The lowest BCUT2D eigenvalue weighted by atomic mass is 9.96. The Labute approximate surface area is 201 Å². The molecule has 4 rings (SSSR count). The Morgan fingerprint density at radius 3 is 2.73 bits per heavy atom. The number of carbonyl (C=O) groups excluding carboxylic acids is 2. The molecule has 0 bridgehead atoms. The van der Waals surface area contributed by atoms with Gasteiger partial charge in [-0.15, -0.1) is 0 Å². The van der Waals surface area contributed by atoms with E-state index in [9.17, 15) is 14.4 Å². The molecule has 2 aromatic heterocycles. The fraction of sp³-hybridized carbons (Fsp3) is 0.435. The van der Waals surface area contributed by atoms with E-state index in [0.717, 1.165) is 19.3 Å². The molecule has 2 aromatic rings. The number of carbonyl (C=O) groups is 2. The summed E-state index contributed by atoms with van der Waals surface area (Å²) in [6.45, 7) is 3.81. The van der Waals surface area contributed by atoms with E-state index >= 15 is 0 Å². The molecule has 4 heterocycles. The zero-order chi connectivity index (χ0) is 23.5. The van der Waals surface area contributed by atoms with Crippen LogP contribution in [0.15, 0.2) is 34.1 Å². The molecule has 0 unspecified atom stereocenters. The molecular formula is C23H27N5O3S2. The first-order chi connectivity index (χ1) is 15.9. The van der Waals surface area contributed by atoms with E-state index in [4.69, 9.17) is 22.9 Å². The zero-order valence-corrected chi connectivity index (χ0v) is 20.2. The van der Waals surface area contributed by atoms with Crippen LogP contribution in [0.3, 0.4) is 0 Å². The van der Waals surface area contributed by atoms with Crippen molar-refractivity contribution in [3.8, 4) is 0 Å². The summed E-state index contributed by atoms with van der Waals surface area (Å²) < 4.78 is 1.99. The molecule has 0 radical (unpaired) electrons. The van der Waals surface area contributed by atoms with Crippen LogP contribution in [0, 0.1) is 5.92 Å². The maximum absolute atomic E-state index is 13.4. The fourth-order valence-electron chi connectivity index (χ4n) is 4.18. The fourth-order valence-corrected chi connectivity index (χ4v) is 5.47. The van der Waals surface area contributed by atoms with Gasteiger partial charge < -0.3 is 10.6 Å². The molecule has 10 heteroatoms. The molecule has 8 nitrogen and oxygen atoms in total. The maximum Gasteiger partial charge on any atom is 0.267 e. The SMILES string of the molecule is CCCCCN1C(=O)C(=Cc2c(N3CCC(C(N)=O)CC3)nc3ccccn3c2=O)SC1=S. The van der Waals surface area contributed by atoms with Gasteiger partial charge in [-0.2, -0.15) is 0 Å². The van der Waals surface area contributed by atoms with Crippen molar-refractivity contribution in [1.29, 1.82) is 0 Å². The van der Waals surface area contributed by atoms with E-state index in [1.54, 1.807) is 29.3 Å². The van der Waals surface area contributed by atoms with Crippen LogP contribution in [0.4, 0.5) is 5.82 Å². The number of hydrogen-bond acceptors (Lipinski definition) is 7. The lowest BCUT2D eigenvalue weighted by Crippen LogP contribution is -2.40. The van der Waals surface area contributed by atoms with Gasteiger partial charge in [0.25, 0.3) is 11.5 Å². The molecule has 0 spiro atoms. The van der Waals surface area contributed by atoms with Crippen LogP contribution in [0.1, 0.15) is 44.6 Å². The number of unbranched alkanes of at least 4 members (excludes halogenated alkanes) is 2. The number of aromatic nitrogens is 2. The molecule has 2 aliphatic rings. The van der Waals surface area contributed by atoms with Gasteiger partial charge in [-0.1, -0.05) is 49.8 Å². The van der Waals surface area contributed by atoms with Gasteiger partial charge in [-0.3, -0.25) is 23.7 Å².